The highest BCUT2D eigenvalue weighted by Gasteiger charge is 2.27. The zero-order valence-electron chi connectivity index (χ0n) is 15.9. The van der Waals surface area contributed by atoms with Crippen LogP contribution in [-0.4, -0.2) is 48.4 Å². The first kappa shape index (κ1) is 22.4. The fraction of sp³-hybridized carbons (Fsp3) is 0.300. The molecule has 156 valence electrons. The molecule has 0 radical (unpaired) electrons. The van der Waals surface area contributed by atoms with Crippen molar-refractivity contribution in [3.8, 4) is 16.9 Å². The van der Waals surface area contributed by atoms with Gasteiger partial charge in [-0.15, -0.1) is 0 Å². The first-order valence-electron chi connectivity index (χ1n) is 9.03. The molecule has 0 aliphatic carbocycles. The molecule has 2 aromatic rings. The highest BCUT2D eigenvalue weighted by Crippen LogP contribution is 2.32. The molecule has 1 amide bonds. The Morgan fingerprint density at radius 2 is 1.69 bits per heavy atom. The maximum absolute atomic E-state index is 12.7. The minimum Gasteiger partial charge on any atom is -0.493 e. The molecule has 29 heavy (non-hydrogen) atoms. The lowest BCUT2D eigenvalue weighted by molar-refractivity contribution is -0.138. The van der Waals surface area contributed by atoms with Crippen molar-refractivity contribution in [2.45, 2.75) is 25.8 Å². The molecule has 0 aliphatic rings. The normalized spacial score (nSPS) is 12.2. The summed E-state index contributed by atoms with van der Waals surface area (Å²) in [5, 5.41) is 11.3. The van der Waals surface area contributed by atoms with E-state index in [2.05, 4.69) is 5.32 Å². The van der Waals surface area contributed by atoms with Crippen molar-refractivity contribution in [1.82, 2.24) is 5.32 Å². The Balaban J connectivity index is 2.36. The average Bonchev–Trinajstić information content (AvgIpc) is 2.67. The number of para-hydroxylation sites is 1. The van der Waals surface area contributed by atoms with Crippen LogP contribution in [0, 0.1) is 0 Å². The number of carboxylic acids is 1. The first-order chi connectivity index (χ1) is 13.7. The van der Waals surface area contributed by atoms with Gasteiger partial charge in [-0.25, -0.2) is 4.79 Å². The van der Waals surface area contributed by atoms with Crippen LogP contribution < -0.4 is 10.1 Å². The first-order valence-corrected chi connectivity index (χ1v) is 10.6. The highest BCUT2D eigenvalue weighted by molar-refractivity contribution is 7.85. The number of carbonyl (C=O) groups is 2. The number of carbonyl (C=O) groups excluding carboxylic acids is 1. The Morgan fingerprint density at radius 1 is 1.07 bits per heavy atom. The maximum Gasteiger partial charge on any atom is 0.327 e. The van der Waals surface area contributed by atoms with Crippen molar-refractivity contribution in [3.63, 3.8) is 0 Å². The summed E-state index contributed by atoms with van der Waals surface area (Å²) in [5.74, 6) is -2.90. The number of hydrogen-bond donors (Lipinski definition) is 3. The Labute approximate surface area is 169 Å². The number of unbranched alkanes of at least 4 members (excludes halogenated alkanes) is 1. The number of rotatable bonds is 10. The lowest BCUT2D eigenvalue weighted by atomic mass is 9.98. The molecule has 0 aromatic heterocycles. The standard InChI is InChI=1S/C20H23NO7S/c1-2-3-12-28-18-11-7-6-9-15(18)14-8-4-5-10-16(14)19(22)21-17(20(23)24)13-29(25,26)27/h4-11,17H,2-3,12-13H2,1H3,(H,21,22)(H,23,24)(H,25,26,27). The molecule has 0 bridgehead atoms. The van der Waals surface area contributed by atoms with Crippen molar-refractivity contribution in [2.75, 3.05) is 12.4 Å². The van der Waals surface area contributed by atoms with Crippen LogP contribution in [0.25, 0.3) is 11.1 Å². The number of amides is 1. The van der Waals surface area contributed by atoms with Crippen LogP contribution in [0.2, 0.25) is 0 Å². The molecule has 0 fully saturated rings. The van der Waals surface area contributed by atoms with Gasteiger partial charge in [0.25, 0.3) is 16.0 Å². The SMILES string of the molecule is CCCCOc1ccccc1-c1ccccc1C(=O)NC(CS(=O)(=O)O)C(=O)O. The van der Waals surface area contributed by atoms with Gasteiger partial charge in [-0.1, -0.05) is 49.7 Å². The van der Waals surface area contributed by atoms with Crippen LogP contribution in [-0.2, 0) is 14.9 Å². The second-order valence-electron chi connectivity index (χ2n) is 6.36. The fourth-order valence-electron chi connectivity index (χ4n) is 2.68. The van der Waals surface area contributed by atoms with Gasteiger partial charge < -0.3 is 15.2 Å². The molecule has 2 aromatic carbocycles. The summed E-state index contributed by atoms with van der Waals surface area (Å²) in [7, 11) is -4.59. The largest absolute Gasteiger partial charge is 0.493 e. The van der Waals surface area contributed by atoms with E-state index >= 15 is 0 Å². The molecule has 8 nitrogen and oxygen atoms in total. The van der Waals surface area contributed by atoms with Gasteiger partial charge in [0.2, 0.25) is 0 Å². The monoisotopic (exact) mass is 421 g/mol. The predicted octanol–water partition coefficient (Wildman–Crippen LogP) is 2.60. The highest BCUT2D eigenvalue weighted by atomic mass is 32.2. The molecule has 3 N–H and O–H groups in total. The van der Waals surface area contributed by atoms with Gasteiger partial charge in [0, 0.05) is 11.1 Å². The van der Waals surface area contributed by atoms with Crippen molar-refractivity contribution >= 4 is 22.0 Å². The second kappa shape index (κ2) is 10.0. The van der Waals surface area contributed by atoms with Gasteiger partial charge in [-0.2, -0.15) is 8.42 Å². The molecule has 0 saturated heterocycles. The number of aliphatic carboxylic acids is 1. The minimum atomic E-state index is -4.59. The number of nitrogens with one attached hydrogen (secondary N) is 1. The van der Waals surface area contributed by atoms with E-state index in [0.717, 1.165) is 12.8 Å². The molecule has 9 heteroatoms. The number of carboxylic acid groups (broad SMARTS) is 1. The molecule has 0 heterocycles. The van der Waals surface area contributed by atoms with E-state index < -0.39 is 33.8 Å². The Kier molecular flexibility index (Phi) is 7.74. The lowest BCUT2D eigenvalue weighted by Gasteiger charge is -2.17. The van der Waals surface area contributed by atoms with Crippen LogP contribution in [0.3, 0.4) is 0 Å². The molecule has 1 atom stereocenters. The third-order valence-corrected chi connectivity index (χ3v) is 4.84. The van der Waals surface area contributed by atoms with Gasteiger partial charge in [-0.3, -0.25) is 9.35 Å². The zero-order valence-corrected chi connectivity index (χ0v) is 16.7. The van der Waals surface area contributed by atoms with Crippen LogP contribution in [0.4, 0.5) is 0 Å². The minimum absolute atomic E-state index is 0.153. The van der Waals surface area contributed by atoms with E-state index in [1.165, 1.54) is 6.07 Å². The van der Waals surface area contributed by atoms with Crippen molar-refractivity contribution < 1.29 is 32.4 Å². The summed E-state index contributed by atoms with van der Waals surface area (Å²) in [5.41, 5.74) is 1.31. The third-order valence-electron chi connectivity index (χ3n) is 4.09. The smallest absolute Gasteiger partial charge is 0.327 e. The Morgan fingerprint density at radius 3 is 2.31 bits per heavy atom. The van der Waals surface area contributed by atoms with Gasteiger partial charge in [0.05, 0.1) is 6.61 Å². The van der Waals surface area contributed by atoms with E-state index in [4.69, 9.17) is 9.29 Å². The molecule has 2 rings (SSSR count). The number of ether oxygens (including phenoxy) is 1. The zero-order chi connectivity index (χ0) is 21.4. The second-order valence-corrected chi connectivity index (χ2v) is 7.85. The summed E-state index contributed by atoms with van der Waals surface area (Å²) in [6.45, 7) is 2.55. The van der Waals surface area contributed by atoms with Crippen LogP contribution in [0.5, 0.6) is 5.75 Å². The average molecular weight is 421 g/mol. The van der Waals surface area contributed by atoms with E-state index in [-0.39, 0.29) is 5.56 Å². The van der Waals surface area contributed by atoms with Crippen LogP contribution in [0.15, 0.2) is 48.5 Å². The third kappa shape index (κ3) is 6.58. The van der Waals surface area contributed by atoms with Crippen molar-refractivity contribution in [3.05, 3.63) is 54.1 Å². The molecule has 1 unspecified atom stereocenters. The number of benzene rings is 2. The molecular formula is C20H23NO7S. The summed E-state index contributed by atoms with van der Waals surface area (Å²) < 4.78 is 36.8. The Hall–Kier alpha value is -2.91. The summed E-state index contributed by atoms with van der Waals surface area (Å²) >= 11 is 0. The van der Waals surface area contributed by atoms with Crippen molar-refractivity contribution in [2.24, 2.45) is 0 Å². The summed E-state index contributed by atoms with van der Waals surface area (Å²) in [6.07, 6.45) is 1.83. The Bertz CT molecular complexity index is 972. The van der Waals surface area contributed by atoms with Crippen LogP contribution in [0.1, 0.15) is 30.1 Å². The van der Waals surface area contributed by atoms with E-state index in [1.807, 2.05) is 6.92 Å². The summed E-state index contributed by atoms with van der Waals surface area (Å²) in [6, 6.07) is 11.9. The molecule has 0 aliphatic heterocycles. The number of hydrogen-bond acceptors (Lipinski definition) is 5. The fourth-order valence-corrected chi connectivity index (χ4v) is 3.33. The maximum atomic E-state index is 12.7. The lowest BCUT2D eigenvalue weighted by Crippen LogP contribution is -2.45. The van der Waals surface area contributed by atoms with Crippen LogP contribution >= 0.6 is 0 Å². The molecular weight excluding hydrogens is 398 g/mol. The van der Waals surface area contributed by atoms with E-state index in [0.29, 0.717) is 23.5 Å². The molecule has 0 spiro atoms. The van der Waals surface area contributed by atoms with E-state index in [9.17, 15) is 23.1 Å². The van der Waals surface area contributed by atoms with E-state index in [1.54, 1.807) is 42.5 Å². The molecule has 0 saturated carbocycles. The predicted molar refractivity (Wildman–Crippen MR) is 108 cm³/mol. The quantitative estimate of drug-likeness (QED) is 0.397. The van der Waals surface area contributed by atoms with Crippen molar-refractivity contribution in [1.29, 1.82) is 0 Å². The van der Waals surface area contributed by atoms with Gasteiger partial charge >= 0.3 is 5.97 Å². The van der Waals surface area contributed by atoms with Gasteiger partial charge in [0.1, 0.15) is 17.5 Å². The topological polar surface area (TPSA) is 130 Å². The van der Waals surface area contributed by atoms with Gasteiger partial charge in [0.15, 0.2) is 0 Å². The van der Waals surface area contributed by atoms with Gasteiger partial charge in [-0.05, 0) is 24.1 Å². The summed E-state index contributed by atoms with van der Waals surface area (Å²) in [4.78, 5) is 24.0.